The van der Waals surface area contributed by atoms with Crippen LogP contribution in [0.3, 0.4) is 0 Å². The van der Waals surface area contributed by atoms with Crippen LogP contribution in [-0.2, 0) is 16.1 Å². The van der Waals surface area contributed by atoms with Crippen molar-refractivity contribution in [1.29, 1.82) is 0 Å². The highest BCUT2D eigenvalue weighted by Crippen LogP contribution is 2.31. The van der Waals surface area contributed by atoms with Gasteiger partial charge in [0.05, 0.1) is 33.0 Å². The molecule has 7 heteroatoms. The molecule has 0 N–H and O–H groups in total. The number of nitrogens with zero attached hydrogens (tertiary/aromatic N) is 3. The van der Waals surface area contributed by atoms with Gasteiger partial charge in [-0.1, -0.05) is 0 Å². The fraction of sp³-hybridized carbons (Fsp3) is 0.682. The van der Waals surface area contributed by atoms with Crippen LogP contribution in [-0.4, -0.2) is 92.8 Å². The number of aryl methyl sites for hydroxylation is 1. The molecule has 29 heavy (non-hydrogen) atoms. The topological polar surface area (TPSA) is 54.5 Å². The highest BCUT2D eigenvalue weighted by atomic mass is 16.5. The van der Waals surface area contributed by atoms with E-state index in [-0.39, 0.29) is 18.1 Å². The minimum atomic E-state index is 0.188. The summed E-state index contributed by atoms with van der Waals surface area (Å²) in [6.45, 7) is 12.6. The van der Waals surface area contributed by atoms with Crippen molar-refractivity contribution in [3.05, 3.63) is 23.3 Å². The summed E-state index contributed by atoms with van der Waals surface area (Å²) in [7, 11) is 3.32. The first kappa shape index (κ1) is 21.9. The Hall–Kier alpha value is -1.83. The van der Waals surface area contributed by atoms with E-state index in [1.807, 2.05) is 11.0 Å². The Morgan fingerprint density at radius 3 is 2.17 bits per heavy atom. The number of methoxy groups -OCH3 is 2. The number of ether oxygens (including phenoxy) is 3. The number of carbonyl (C=O) groups excluding carboxylic acids is 1. The number of carbonyl (C=O) groups is 1. The van der Waals surface area contributed by atoms with Gasteiger partial charge < -0.3 is 19.1 Å². The third kappa shape index (κ3) is 5.62. The van der Waals surface area contributed by atoms with E-state index in [9.17, 15) is 4.79 Å². The molecular weight excluding hydrogens is 370 g/mol. The van der Waals surface area contributed by atoms with E-state index in [1.165, 1.54) is 11.1 Å². The first-order valence-electron chi connectivity index (χ1n) is 10.5. The summed E-state index contributed by atoms with van der Waals surface area (Å²) in [5.74, 6) is 1.75. The average molecular weight is 406 g/mol. The minimum absolute atomic E-state index is 0.188. The molecule has 0 spiro atoms. The first-order valence-corrected chi connectivity index (χ1v) is 10.5. The molecule has 0 radical (unpaired) electrons. The molecule has 7 nitrogen and oxygen atoms in total. The second-order valence-corrected chi connectivity index (χ2v) is 8.24. The standard InChI is InChI=1S/C22H35N3O4/c1-16-10-20(27-4)21(28-5)11-19(16)14-23-6-8-25(9-7-23)22(26)15-24-12-17(2)29-18(3)13-24/h10-11,17-18H,6-9,12-15H2,1-5H3/t17-,18-/m1/s1. The van der Waals surface area contributed by atoms with E-state index in [4.69, 9.17) is 14.2 Å². The summed E-state index contributed by atoms with van der Waals surface area (Å²) < 4.78 is 16.6. The van der Waals surface area contributed by atoms with Gasteiger partial charge in [-0.3, -0.25) is 14.6 Å². The molecule has 2 fully saturated rings. The Labute approximate surface area is 174 Å². The minimum Gasteiger partial charge on any atom is -0.493 e. The Morgan fingerprint density at radius 2 is 1.59 bits per heavy atom. The maximum Gasteiger partial charge on any atom is 0.236 e. The SMILES string of the molecule is COc1cc(C)c(CN2CCN(C(=O)CN3C[C@@H](C)O[C@H](C)C3)CC2)cc1OC. The molecule has 1 amide bonds. The van der Waals surface area contributed by atoms with Crippen LogP contribution in [0.4, 0.5) is 0 Å². The maximum atomic E-state index is 12.7. The van der Waals surface area contributed by atoms with Crippen molar-refractivity contribution in [2.75, 3.05) is 60.0 Å². The van der Waals surface area contributed by atoms with Crippen LogP contribution in [0.1, 0.15) is 25.0 Å². The van der Waals surface area contributed by atoms with Gasteiger partial charge in [0.1, 0.15) is 0 Å². The molecule has 2 aliphatic heterocycles. The first-order chi connectivity index (χ1) is 13.9. The summed E-state index contributed by atoms with van der Waals surface area (Å²) in [6, 6.07) is 4.09. The lowest BCUT2D eigenvalue weighted by atomic mass is 10.1. The molecule has 162 valence electrons. The predicted octanol–water partition coefficient (Wildman–Crippen LogP) is 1.77. The normalized spacial score (nSPS) is 23.8. The molecule has 2 saturated heterocycles. The highest BCUT2D eigenvalue weighted by Gasteiger charge is 2.27. The number of benzene rings is 1. The van der Waals surface area contributed by atoms with Gasteiger partial charge in [0.25, 0.3) is 0 Å². The summed E-state index contributed by atoms with van der Waals surface area (Å²) in [6.07, 6.45) is 0.376. The van der Waals surface area contributed by atoms with E-state index in [1.54, 1.807) is 14.2 Å². The van der Waals surface area contributed by atoms with E-state index < -0.39 is 0 Å². The molecule has 3 rings (SSSR count). The Balaban J connectivity index is 1.51. The predicted molar refractivity (Wildman–Crippen MR) is 113 cm³/mol. The number of hydrogen-bond acceptors (Lipinski definition) is 6. The zero-order chi connectivity index (χ0) is 21.0. The van der Waals surface area contributed by atoms with Crippen molar-refractivity contribution in [2.24, 2.45) is 0 Å². The molecule has 0 aromatic heterocycles. The highest BCUT2D eigenvalue weighted by molar-refractivity contribution is 5.78. The maximum absolute atomic E-state index is 12.7. The molecule has 0 saturated carbocycles. The monoisotopic (exact) mass is 405 g/mol. The fourth-order valence-electron chi connectivity index (χ4n) is 4.29. The van der Waals surface area contributed by atoms with Crippen molar-refractivity contribution in [2.45, 2.75) is 39.5 Å². The van der Waals surface area contributed by atoms with E-state index in [0.717, 1.165) is 57.3 Å². The molecule has 1 aromatic rings. The van der Waals surface area contributed by atoms with Gasteiger partial charge in [-0.05, 0) is 44.0 Å². The third-order valence-electron chi connectivity index (χ3n) is 5.82. The lowest BCUT2D eigenvalue weighted by molar-refractivity contribution is -0.137. The second kappa shape index (κ2) is 9.78. The lowest BCUT2D eigenvalue weighted by Crippen LogP contribution is -2.53. The zero-order valence-electron chi connectivity index (χ0n) is 18.4. The smallest absolute Gasteiger partial charge is 0.236 e. The molecule has 0 bridgehead atoms. The number of hydrogen-bond donors (Lipinski definition) is 0. The van der Waals surface area contributed by atoms with Gasteiger partial charge in [0.2, 0.25) is 5.91 Å². The summed E-state index contributed by atoms with van der Waals surface area (Å²) in [5.41, 5.74) is 2.43. The van der Waals surface area contributed by atoms with Crippen LogP contribution in [0.5, 0.6) is 11.5 Å². The van der Waals surface area contributed by atoms with Gasteiger partial charge in [-0.15, -0.1) is 0 Å². The number of amides is 1. The van der Waals surface area contributed by atoms with E-state index in [2.05, 4.69) is 36.6 Å². The van der Waals surface area contributed by atoms with Crippen LogP contribution in [0.15, 0.2) is 12.1 Å². The van der Waals surface area contributed by atoms with Crippen LogP contribution in [0, 0.1) is 6.92 Å². The van der Waals surface area contributed by atoms with Gasteiger partial charge in [-0.2, -0.15) is 0 Å². The Kier molecular flexibility index (Phi) is 7.38. The van der Waals surface area contributed by atoms with Crippen LogP contribution in [0.2, 0.25) is 0 Å². The van der Waals surface area contributed by atoms with Crippen molar-refractivity contribution in [1.82, 2.24) is 14.7 Å². The quantitative estimate of drug-likeness (QED) is 0.719. The summed E-state index contributed by atoms with van der Waals surface area (Å²) >= 11 is 0. The Morgan fingerprint density at radius 1 is 1.00 bits per heavy atom. The molecule has 2 atom stereocenters. The fourth-order valence-corrected chi connectivity index (χ4v) is 4.29. The average Bonchev–Trinajstić information content (AvgIpc) is 2.68. The van der Waals surface area contributed by atoms with Crippen molar-refractivity contribution >= 4 is 5.91 Å². The van der Waals surface area contributed by atoms with Crippen molar-refractivity contribution < 1.29 is 19.0 Å². The number of morpholine rings is 1. The molecule has 1 aromatic carbocycles. The number of piperazine rings is 1. The Bertz CT molecular complexity index is 694. The third-order valence-corrected chi connectivity index (χ3v) is 5.82. The van der Waals surface area contributed by atoms with Crippen LogP contribution >= 0.6 is 0 Å². The van der Waals surface area contributed by atoms with E-state index >= 15 is 0 Å². The second-order valence-electron chi connectivity index (χ2n) is 8.24. The molecule has 0 aliphatic carbocycles. The molecule has 2 heterocycles. The lowest BCUT2D eigenvalue weighted by Gasteiger charge is -2.38. The van der Waals surface area contributed by atoms with Gasteiger partial charge in [-0.25, -0.2) is 0 Å². The summed E-state index contributed by atoms with van der Waals surface area (Å²) in [4.78, 5) is 19.4. The van der Waals surface area contributed by atoms with Crippen LogP contribution < -0.4 is 9.47 Å². The molecule has 2 aliphatic rings. The summed E-state index contributed by atoms with van der Waals surface area (Å²) in [5, 5.41) is 0. The van der Waals surface area contributed by atoms with Gasteiger partial charge in [0.15, 0.2) is 11.5 Å². The zero-order valence-corrected chi connectivity index (χ0v) is 18.4. The van der Waals surface area contributed by atoms with Crippen LogP contribution in [0.25, 0.3) is 0 Å². The van der Waals surface area contributed by atoms with Crippen molar-refractivity contribution in [3.8, 4) is 11.5 Å². The van der Waals surface area contributed by atoms with Gasteiger partial charge in [0, 0.05) is 45.8 Å². The molecule has 0 unspecified atom stereocenters. The van der Waals surface area contributed by atoms with E-state index in [0.29, 0.717) is 6.54 Å². The van der Waals surface area contributed by atoms with Gasteiger partial charge >= 0.3 is 0 Å². The van der Waals surface area contributed by atoms with Crippen molar-refractivity contribution in [3.63, 3.8) is 0 Å². The largest absolute Gasteiger partial charge is 0.493 e. The molecular formula is C22H35N3O4. The number of rotatable bonds is 6.